The number of anilines is 1. The Morgan fingerprint density at radius 1 is 1.19 bits per heavy atom. The van der Waals surface area contributed by atoms with Gasteiger partial charge in [-0.1, -0.05) is 13.8 Å². The number of aromatic nitrogens is 1. The minimum Gasteiger partial charge on any atom is -0.353 e. The summed E-state index contributed by atoms with van der Waals surface area (Å²) >= 11 is 0. The van der Waals surface area contributed by atoms with E-state index in [4.69, 9.17) is 5.73 Å². The molecule has 2 atom stereocenters. The van der Waals surface area contributed by atoms with Crippen LogP contribution in [0.5, 0.6) is 0 Å². The molecule has 2 heterocycles. The molecule has 0 spiro atoms. The van der Waals surface area contributed by atoms with E-state index in [1.807, 2.05) is 13.8 Å². The fourth-order valence-corrected chi connectivity index (χ4v) is 3.42. The lowest BCUT2D eigenvalue weighted by Gasteiger charge is -2.36. The molecule has 0 bridgehead atoms. The van der Waals surface area contributed by atoms with E-state index in [-0.39, 0.29) is 17.9 Å². The molecular weight excluding hydrogens is 345 g/mol. The lowest BCUT2D eigenvalue weighted by atomic mass is 10.1. The Morgan fingerprint density at radius 2 is 1.85 bits per heavy atom. The van der Waals surface area contributed by atoms with Gasteiger partial charge in [-0.05, 0) is 31.4 Å². The number of pyridine rings is 1. The molecule has 5 nitrogen and oxygen atoms in total. The van der Waals surface area contributed by atoms with E-state index in [1.54, 1.807) is 9.80 Å². The van der Waals surface area contributed by atoms with Gasteiger partial charge in [0.25, 0.3) is 0 Å². The molecule has 0 radical (unpaired) electrons. The second-order valence-corrected chi connectivity index (χ2v) is 6.48. The second-order valence-electron chi connectivity index (χ2n) is 6.48. The lowest BCUT2D eigenvalue weighted by molar-refractivity contribution is -0.137. The fourth-order valence-electron chi connectivity index (χ4n) is 3.42. The summed E-state index contributed by atoms with van der Waals surface area (Å²) in [4.78, 5) is 20.1. The zero-order valence-corrected chi connectivity index (χ0v) is 15.3. The Balaban J connectivity index is 0.00000117. The number of hydrogen-bond donors (Lipinski definition) is 1. The van der Waals surface area contributed by atoms with Crippen molar-refractivity contribution in [3.05, 3.63) is 23.9 Å². The number of halogens is 3. The van der Waals surface area contributed by atoms with Crippen molar-refractivity contribution in [1.82, 2.24) is 9.88 Å². The predicted octanol–water partition coefficient (Wildman–Crippen LogP) is 2.90. The SMILES string of the molecule is CC.NC1CCC(C(=O)N2CCN(c3cc(C(F)(F)F)ccn3)CC2)C1. The van der Waals surface area contributed by atoms with Gasteiger partial charge in [-0.25, -0.2) is 4.98 Å². The van der Waals surface area contributed by atoms with Crippen molar-refractivity contribution in [2.45, 2.75) is 45.3 Å². The van der Waals surface area contributed by atoms with Crippen molar-refractivity contribution in [2.24, 2.45) is 11.7 Å². The Labute approximate surface area is 152 Å². The molecule has 1 aliphatic heterocycles. The van der Waals surface area contributed by atoms with Crippen molar-refractivity contribution >= 4 is 11.7 Å². The summed E-state index contributed by atoms with van der Waals surface area (Å²) in [5.74, 6) is 0.428. The summed E-state index contributed by atoms with van der Waals surface area (Å²) in [7, 11) is 0. The van der Waals surface area contributed by atoms with Gasteiger partial charge in [0.15, 0.2) is 0 Å². The van der Waals surface area contributed by atoms with Gasteiger partial charge in [0.1, 0.15) is 5.82 Å². The number of nitrogens with two attached hydrogens (primary N) is 1. The number of alkyl halides is 3. The minimum absolute atomic E-state index is 0.00164. The first kappa shape index (κ1) is 20.5. The highest BCUT2D eigenvalue weighted by atomic mass is 19.4. The summed E-state index contributed by atoms with van der Waals surface area (Å²) in [5.41, 5.74) is 5.16. The van der Waals surface area contributed by atoms with Crippen LogP contribution in [-0.4, -0.2) is 48.0 Å². The normalized spacial score (nSPS) is 23.5. The van der Waals surface area contributed by atoms with Crippen molar-refractivity contribution in [3.63, 3.8) is 0 Å². The largest absolute Gasteiger partial charge is 0.416 e. The van der Waals surface area contributed by atoms with Crippen molar-refractivity contribution in [1.29, 1.82) is 0 Å². The first-order valence-electron chi connectivity index (χ1n) is 9.17. The Hall–Kier alpha value is -1.83. The highest BCUT2D eigenvalue weighted by molar-refractivity contribution is 5.79. The fraction of sp³-hybridized carbons (Fsp3) is 0.667. The monoisotopic (exact) mass is 372 g/mol. The van der Waals surface area contributed by atoms with Gasteiger partial charge < -0.3 is 15.5 Å². The average molecular weight is 372 g/mol. The summed E-state index contributed by atoms with van der Waals surface area (Å²) in [6.45, 7) is 5.97. The van der Waals surface area contributed by atoms with Crippen molar-refractivity contribution in [2.75, 3.05) is 31.1 Å². The van der Waals surface area contributed by atoms with Crippen LogP contribution in [0.2, 0.25) is 0 Å². The molecular formula is C18H27F3N4O. The van der Waals surface area contributed by atoms with Gasteiger partial charge in [0.2, 0.25) is 5.91 Å². The molecule has 1 aromatic rings. The topological polar surface area (TPSA) is 62.5 Å². The third-order valence-corrected chi connectivity index (χ3v) is 4.81. The maximum atomic E-state index is 12.8. The van der Waals surface area contributed by atoms with E-state index in [0.29, 0.717) is 32.0 Å². The maximum absolute atomic E-state index is 12.8. The van der Waals surface area contributed by atoms with Gasteiger partial charge in [-0.3, -0.25) is 4.79 Å². The van der Waals surface area contributed by atoms with Crippen LogP contribution in [0.4, 0.5) is 19.0 Å². The number of piperazine rings is 1. The summed E-state index contributed by atoms with van der Waals surface area (Å²) < 4.78 is 38.4. The smallest absolute Gasteiger partial charge is 0.353 e. The van der Waals surface area contributed by atoms with Gasteiger partial charge in [-0.2, -0.15) is 13.2 Å². The molecule has 1 saturated carbocycles. The van der Waals surface area contributed by atoms with Crippen LogP contribution in [0.15, 0.2) is 18.3 Å². The lowest BCUT2D eigenvalue weighted by Crippen LogP contribution is -2.50. The van der Waals surface area contributed by atoms with E-state index in [2.05, 4.69) is 4.98 Å². The van der Waals surface area contributed by atoms with Crippen LogP contribution in [0, 0.1) is 5.92 Å². The summed E-state index contributed by atoms with van der Waals surface area (Å²) in [6.07, 6.45) is -0.763. The Kier molecular flexibility index (Phi) is 6.86. The van der Waals surface area contributed by atoms with Crippen LogP contribution in [0.25, 0.3) is 0 Å². The van der Waals surface area contributed by atoms with Crippen LogP contribution >= 0.6 is 0 Å². The predicted molar refractivity (Wildman–Crippen MR) is 94.7 cm³/mol. The first-order chi connectivity index (χ1) is 12.3. The molecule has 1 aromatic heterocycles. The molecule has 3 rings (SSSR count). The van der Waals surface area contributed by atoms with Crippen molar-refractivity contribution < 1.29 is 18.0 Å². The highest BCUT2D eigenvalue weighted by Gasteiger charge is 2.34. The number of amides is 1. The first-order valence-corrected chi connectivity index (χ1v) is 9.17. The molecule has 2 fully saturated rings. The summed E-state index contributed by atoms with van der Waals surface area (Å²) in [5, 5.41) is 0. The molecule has 0 aromatic carbocycles. The van der Waals surface area contributed by atoms with E-state index in [0.717, 1.165) is 31.4 Å². The van der Waals surface area contributed by atoms with E-state index in [1.165, 1.54) is 6.20 Å². The third-order valence-electron chi connectivity index (χ3n) is 4.81. The van der Waals surface area contributed by atoms with E-state index in [9.17, 15) is 18.0 Å². The number of nitrogens with zero attached hydrogens (tertiary/aromatic N) is 3. The van der Waals surface area contributed by atoms with Crippen LogP contribution in [-0.2, 0) is 11.0 Å². The number of hydrogen-bond acceptors (Lipinski definition) is 4. The zero-order valence-electron chi connectivity index (χ0n) is 15.3. The van der Waals surface area contributed by atoms with Gasteiger partial charge in [0.05, 0.1) is 5.56 Å². The Morgan fingerprint density at radius 3 is 2.38 bits per heavy atom. The standard InChI is InChI=1S/C16H21F3N4O.C2H6/c17-16(18,19)12-3-4-21-14(10-12)22-5-7-23(8-6-22)15(24)11-1-2-13(20)9-11;1-2/h3-4,10-11,13H,1-2,5-9,20H2;1-2H3. The summed E-state index contributed by atoms with van der Waals surface area (Å²) in [6, 6.07) is 2.13. The number of rotatable bonds is 2. The van der Waals surface area contributed by atoms with Crippen LogP contribution in [0.1, 0.15) is 38.7 Å². The molecule has 8 heteroatoms. The van der Waals surface area contributed by atoms with E-state index < -0.39 is 11.7 Å². The van der Waals surface area contributed by atoms with Gasteiger partial charge in [0, 0.05) is 44.3 Å². The van der Waals surface area contributed by atoms with Crippen LogP contribution < -0.4 is 10.6 Å². The molecule has 2 aliphatic rings. The third kappa shape index (κ3) is 4.87. The van der Waals surface area contributed by atoms with Crippen molar-refractivity contribution in [3.8, 4) is 0 Å². The maximum Gasteiger partial charge on any atom is 0.416 e. The molecule has 1 amide bonds. The molecule has 1 saturated heterocycles. The highest BCUT2D eigenvalue weighted by Crippen LogP contribution is 2.31. The van der Waals surface area contributed by atoms with Crippen LogP contribution in [0.3, 0.4) is 0 Å². The van der Waals surface area contributed by atoms with Gasteiger partial charge >= 0.3 is 6.18 Å². The number of carbonyl (C=O) groups excluding carboxylic acids is 1. The minimum atomic E-state index is -4.38. The van der Waals surface area contributed by atoms with Gasteiger partial charge in [-0.15, -0.1) is 0 Å². The molecule has 26 heavy (non-hydrogen) atoms. The quantitative estimate of drug-likeness (QED) is 0.867. The average Bonchev–Trinajstić information content (AvgIpc) is 3.09. The molecule has 1 aliphatic carbocycles. The Bertz CT molecular complexity index is 600. The molecule has 146 valence electrons. The number of carbonyl (C=O) groups is 1. The second kappa shape index (κ2) is 8.70. The molecule has 2 unspecified atom stereocenters. The molecule has 2 N–H and O–H groups in total. The zero-order chi connectivity index (χ0) is 19.3. The van der Waals surface area contributed by atoms with E-state index >= 15 is 0 Å².